The molecule has 0 aliphatic heterocycles. The normalized spacial score (nSPS) is 12.4. The number of rotatable bonds is 7. The first-order valence-electron chi connectivity index (χ1n) is 5.75. The van der Waals surface area contributed by atoms with Gasteiger partial charge in [-0.1, -0.05) is 19.1 Å². The third-order valence-corrected chi connectivity index (χ3v) is 2.51. The Morgan fingerprint density at radius 2 is 1.88 bits per heavy atom. The quantitative estimate of drug-likeness (QED) is 0.722. The Morgan fingerprint density at radius 1 is 1.19 bits per heavy atom. The Balaban J connectivity index is 2.39. The summed E-state index contributed by atoms with van der Waals surface area (Å²) in [6, 6.07) is 8.12. The van der Waals surface area contributed by atoms with Crippen LogP contribution in [0.2, 0.25) is 0 Å². The van der Waals surface area contributed by atoms with Crippen molar-refractivity contribution in [3.63, 3.8) is 0 Å². The minimum atomic E-state index is 0.127. The summed E-state index contributed by atoms with van der Waals surface area (Å²) in [5, 5.41) is 0. The minimum absolute atomic E-state index is 0.127. The van der Waals surface area contributed by atoms with Crippen molar-refractivity contribution in [2.75, 3.05) is 20.3 Å². The first-order chi connectivity index (χ1) is 7.77. The van der Waals surface area contributed by atoms with Gasteiger partial charge in [-0.2, -0.15) is 0 Å². The molecule has 3 nitrogen and oxygen atoms in total. The van der Waals surface area contributed by atoms with Crippen molar-refractivity contribution in [1.82, 2.24) is 0 Å². The molecule has 0 radical (unpaired) electrons. The van der Waals surface area contributed by atoms with Crippen LogP contribution in [-0.2, 0) is 4.74 Å². The van der Waals surface area contributed by atoms with Crippen LogP contribution in [0.4, 0.5) is 0 Å². The lowest BCUT2D eigenvalue weighted by Gasteiger charge is -2.10. The van der Waals surface area contributed by atoms with E-state index in [0.717, 1.165) is 30.8 Å². The predicted molar refractivity (Wildman–Crippen MR) is 65.6 cm³/mol. The minimum Gasteiger partial charge on any atom is -0.494 e. The van der Waals surface area contributed by atoms with Crippen molar-refractivity contribution in [3.8, 4) is 5.75 Å². The second kappa shape index (κ2) is 7.25. The molecular formula is C13H21NO2. The van der Waals surface area contributed by atoms with Crippen LogP contribution in [0.25, 0.3) is 0 Å². The third-order valence-electron chi connectivity index (χ3n) is 2.51. The summed E-state index contributed by atoms with van der Waals surface area (Å²) in [6.07, 6.45) is 1.86. The predicted octanol–water partition coefficient (Wildman–Crippen LogP) is 2.51. The molecule has 3 heteroatoms. The molecule has 90 valence electrons. The fraction of sp³-hybridized carbons (Fsp3) is 0.538. The second-order valence-electron chi connectivity index (χ2n) is 3.78. The van der Waals surface area contributed by atoms with Crippen LogP contribution in [-0.4, -0.2) is 20.3 Å². The molecule has 0 unspecified atom stereocenters. The number of hydrogen-bond donors (Lipinski definition) is 1. The molecule has 0 aliphatic carbocycles. The second-order valence-corrected chi connectivity index (χ2v) is 3.78. The van der Waals surface area contributed by atoms with Gasteiger partial charge in [0.15, 0.2) is 0 Å². The molecule has 0 heterocycles. The lowest BCUT2D eigenvalue weighted by Crippen LogP contribution is -2.08. The zero-order valence-corrected chi connectivity index (χ0v) is 10.1. The van der Waals surface area contributed by atoms with E-state index in [1.807, 2.05) is 24.3 Å². The summed E-state index contributed by atoms with van der Waals surface area (Å²) in [4.78, 5) is 0. The number of benzene rings is 1. The van der Waals surface area contributed by atoms with E-state index in [2.05, 4.69) is 6.92 Å². The molecule has 0 amide bonds. The Kier molecular flexibility index (Phi) is 5.90. The Bertz CT molecular complexity index is 284. The van der Waals surface area contributed by atoms with Gasteiger partial charge in [-0.05, 0) is 24.1 Å². The smallest absolute Gasteiger partial charge is 0.119 e. The SMILES string of the molecule is CC[C@@H](N)c1ccc(OCCCOC)cc1. The van der Waals surface area contributed by atoms with Crippen LogP contribution in [0.5, 0.6) is 5.75 Å². The van der Waals surface area contributed by atoms with Crippen LogP contribution in [0.1, 0.15) is 31.4 Å². The van der Waals surface area contributed by atoms with Crippen molar-refractivity contribution < 1.29 is 9.47 Å². The van der Waals surface area contributed by atoms with Crippen molar-refractivity contribution in [2.24, 2.45) is 5.73 Å². The molecule has 1 aromatic carbocycles. The highest BCUT2D eigenvalue weighted by Gasteiger charge is 2.02. The number of hydrogen-bond acceptors (Lipinski definition) is 3. The summed E-state index contributed by atoms with van der Waals surface area (Å²) in [5.41, 5.74) is 7.09. The van der Waals surface area contributed by atoms with Gasteiger partial charge in [-0.3, -0.25) is 0 Å². The highest BCUT2D eigenvalue weighted by atomic mass is 16.5. The number of methoxy groups -OCH3 is 1. The summed E-state index contributed by atoms with van der Waals surface area (Å²) in [6.45, 7) is 3.51. The molecule has 0 aromatic heterocycles. The number of ether oxygens (including phenoxy) is 2. The van der Waals surface area contributed by atoms with Gasteiger partial charge in [0.1, 0.15) is 5.75 Å². The Morgan fingerprint density at radius 3 is 2.44 bits per heavy atom. The van der Waals surface area contributed by atoms with E-state index >= 15 is 0 Å². The molecule has 0 fully saturated rings. The van der Waals surface area contributed by atoms with Crippen molar-refractivity contribution in [1.29, 1.82) is 0 Å². The van der Waals surface area contributed by atoms with E-state index in [4.69, 9.17) is 15.2 Å². The summed E-state index contributed by atoms with van der Waals surface area (Å²) < 4.78 is 10.5. The van der Waals surface area contributed by atoms with Gasteiger partial charge < -0.3 is 15.2 Å². The van der Waals surface area contributed by atoms with Gasteiger partial charge in [-0.15, -0.1) is 0 Å². The Hall–Kier alpha value is -1.06. The average Bonchev–Trinajstić information content (AvgIpc) is 2.34. The molecule has 0 spiro atoms. The van der Waals surface area contributed by atoms with Crippen LogP contribution < -0.4 is 10.5 Å². The summed E-state index contributed by atoms with van der Waals surface area (Å²) in [5.74, 6) is 0.892. The average molecular weight is 223 g/mol. The van der Waals surface area contributed by atoms with Gasteiger partial charge in [0.25, 0.3) is 0 Å². The van der Waals surface area contributed by atoms with Gasteiger partial charge in [0.05, 0.1) is 6.61 Å². The maximum atomic E-state index is 5.93. The van der Waals surface area contributed by atoms with Gasteiger partial charge in [0.2, 0.25) is 0 Å². The zero-order valence-electron chi connectivity index (χ0n) is 10.1. The summed E-state index contributed by atoms with van der Waals surface area (Å²) >= 11 is 0. The van der Waals surface area contributed by atoms with Crippen LogP contribution in [0, 0.1) is 0 Å². The largest absolute Gasteiger partial charge is 0.494 e. The molecule has 16 heavy (non-hydrogen) atoms. The highest BCUT2D eigenvalue weighted by Crippen LogP contribution is 2.18. The standard InChI is InChI=1S/C13H21NO2/c1-3-13(14)11-5-7-12(8-6-11)16-10-4-9-15-2/h5-8,13H,3-4,9-10,14H2,1-2H3/t13-/m1/s1. The first kappa shape index (κ1) is 13.0. The third kappa shape index (κ3) is 4.21. The Labute approximate surface area is 97.6 Å². The maximum Gasteiger partial charge on any atom is 0.119 e. The van der Waals surface area contributed by atoms with E-state index in [1.165, 1.54) is 0 Å². The van der Waals surface area contributed by atoms with Crippen molar-refractivity contribution in [3.05, 3.63) is 29.8 Å². The van der Waals surface area contributed by atoms with Crippen LogP contribution >= 0.6 is 0 Å². The van der Waals surface area contributed by atoms with Gasteiger partial charge in [-0.25, -0.2) is 0 Å². The highest BCUT2D eigenvalue weighted by molar-refractivity contribution is 5.28. The summed E-state index contributed by atoms with van der Waals surface area (Å²) in [7, 11) is 1.70. The molecule has 0 saturated heterocycles. The molecule has 2 N–H and O–H groups in total. The molecule has 0 bridgehead atoms. The van der Waals surface area contributed by atoms with E-state index in [-0.39, 0.29) is 6.04 Å². The lowest BCUT2D eigenvalue weighted by molar-refractivity contribution is 0.172. The van der Waals surface area contributed by atoms with Gasteiger partial charge in [0, 0.05) is 26.2 Å². The number of nitrogens with two attached hydrogens (primary N) is 1. The maximum absolute atomic E-state index is 5.93. The molecule has 1 atom stereocenters. The molecule has 0 aliphatic rings. The van der Waals surface area contributed by atoms with E-state index in [0.29, 0.717) is 6.61 Å². The van der Waals surface area contributed by atoms with Crippen molar-refractivity contribution in [2.45, 2.75) is 25.8 Å². The fourth-order valence-corrected chi connectivity index (χ4v) is 1.44. The zero-order chi connectivity index (χ0) is 11.8. The molecule has 0 saturated carbocycles. The first-order valence-corrected chi connectivity index (χ1v) is 5.75. The fourth-order valence-electron chi connectivity index (χ4n) is 1.44. The monoisotopic (exact) mass is 223 g/mol. The molecule has 1 rings (SSSR count). The van der Waals surface area contributed by atoms with E-state index < -0.39 is 0 Å². The van der Waals surface area contributed by atoms with Gasteiger partial charge >= 0.3 is 0 Å². The van der Waals surface area contributed by atoms with Crippen LogP contribution in [0.15, 0.2) is 24.3 Å². The topological polar surface area (TPSA) is 44.5 Å². The van der Waals surface area contributed by atoms with E-state index in [9.17, 15) is 0 Å². The molecular weight excluding hydrogens is 202 g/mol. The molecule has 1 aromatic rings. The lowest BCUT2D eigenvalue weighted by atomic mass is 10.1. The van der Waals surface area contributed by atoms with Crippen molar-refractivity contribution >= 4 is 0 Å². The van der Waals surface area contributed by atoms with E-state index in [1.54, 1.807) is 7.11 Å². The van der Waals surface area contributed by atoms with Crippen LogP contribution in [0.3, 0.4) is 0 Å².